The molecule has 2 saturated heterocycles. The Hall–Kier alpha value is -0.410. The fourth-order valence-corrected chi connectivity index (χ4v) is 4.50. The summed E-state index contributed by atoms with van der Waals surface area (Å²) in [6.45, 7) is 6.33. The highest BCUT2D eigenvalue weighted by atomic mass is 16.1. The standard InChI is InChI=1S/C17H30N2O/c20-17-9-5-7-15(17)16-8-1-2-13-19(16)14-6-12-18-10-3-4-11-18/h15-16H,1-14H2. The number of ketones is 1. The van der Waals surface area contributed by atoms with Crippen LogP contribution in [-0.2, 0) is 4.79 Å². The van der Waals surface area contributed by atoms with E-state index in [0.29, 0.717) is 17.7 Å². The summed E-state index contributed by atoms with van der Waals surface area (Å²) in [6, 6.07) is 0.581. The van der Waals surface area contributed by atoms with E-state index >= 15 is 0 Å². The molecule has 114 valence electrons. The zero-order valence-corrected chi connectivity index (χ0v) is 12.9. The molecule has 2 atom stereocenters. The maximum atomic E-state index is 12.1. The molecular weight excluding hydrogens is 248 g/mol. The second-order valence-corrected chi connectivity index (χ2v) is 6.97. The lowest BCUT2D eigenvalue weighted by Crippen LogP contribution is -2.46. The fraction of sp³-hybridized carbons (Fsp3) is 0.941. The molecule has 3 fully saturated rings. The van der Waals surface area contributed by atoms with Gasteiger partial charge in [0.05, 0.1) is 0 Å². The van der Waals surface area contributed by atoms with Crippen LogP contribution in [0.1, 0.15) is 57.8 Å². The lowest BCUT2D eigenvalue weighted by Gasteiger charge is -2.39. The van der Waals surface area contributed by atoms with Gasteiger partial charge in [0.25, 0.3) is 0 Å². The summed E-state index contributed by atoms with van der Waals surface area (Å²) in [6.07, 6.45) is 11.2. The molecule has 0 aromatic heterocycles. The normalized spacial score (nSPS) is 33.1. The van der Waals surface area contributed by atoms with Gasteiger partial charge in [0, 0.05) is 18.4 Å². The molecule has 0 N–H and O–H groups in total. The molecule has 3 nitrogen and oxygen atoms in total. The zero-order chi connectivity index (χ0) is 13.8. The molecule has 0 aromatic rings. The van der Waals surface area contributed by atoms with E-state index in [0.717, 1.165) is 19.3 Å². The van der Waals surface area contributed by atoms with Crippen molar-refractivity contribution in [2.75, 3.05) is 32.7 Å². The highest BCUT2D eigenvalue weighted by Gasteiger charge is 2.36. The molecule has 1 saturated carbocycles. The topological polar surface area (TPSA) is 23.6 Å². The highest BCUT2D eigenvalue weighted by molar-refractivity contribution is 5.83. The van der Waals surface area contributed by atoms with Gasteiger partial charge in [-0.2, -0.15) is 0 Å². The van der Waals surface area contributed by atoms with E-state index < -0.39 is 0 Å². The maximum absolute atomic E-state index is 12.1. The molecule has 3 aliphatic rings. The van der Waals surface area contributed by atoms with Gasteiger partial charge in [0.1, 0.15) is 5.78 Å². The average Bonchev–Trinajstić information content (AvgIpc) is 3.11. The van der Waals surface area contributed by atoms with Crippen molar-refractivity contribution >= 4 is 5.78 Å². The molecule has 2 unspecified atom stereocenters. The van der Waals surface area contributed by atoms with Gasteiger partial charge < -0.3 is 4.90 Å². The van der Waals surface area contributed by atoms with Crippen LogP contribution in [0.4, 0.5) is 0 Å². The first kappa shape index (κ1) is 14.5. The largest absolute Gasteiger partial charge is 0.303 e. The Bertz CT molecular complexity index is 325. The molecule has 3 rings (SSSR count). The summed E-state index contributed by atoms with van der Waals surface area (Å²) in [5, 5.41) is 0. The molecule has 0 aromatic carbocycles. The minimum absolute atomic E-state index is 0.377. The Morgan fingerprint density at radius 1 is 0.900 bits per heavy atom. The van der Waals surface area contributed by atoms with Crippen molar-refractivity contribution in [2.45, 2.75) is 63.8 Å². The third kappa shape index (κ3) is 3.43. The third-order valence-corrected chi connectivity index (χ3v) is 5.60. The van der Waals surface area contributed by atoms with Crippen molar-refractivity contribution in [1.82, 2.24) is 9.80 Å². The third-order valence-electron chi connectivity index (χ3n) is 5.60. The van der Waals surface area contributed by atoms with E-state index in [1.807, 2.05) is 0 Å². The monoisotopic (exact) mass is 278 g/mol. The van der Waals surface area contributed by atoms with Crippen molar-refractivity contribution in [3.63, 3.8) is 0 Å². The van der Waals surface area contributed by atoms with Gasteiger partial charge in [-0.1, -0.05) is 6.42 Å². The summed E-state index contributed by atoms with van der Waals surface area (Å²) >= 11 is 0. The summed E-state index contributed by atoms with van der Waals surface area (Å²) in [7, 11) is 0. The molecule has 1 aliphatic carbocycles. The molecule has 0 spiro atoms. The SMILES string of the molecule is O=C1CCCC1C1CCCCN1CCCN1CCCC1. The number of hydrogen-bond acceptors (Lipinski definition) is 3. The number of hydrogen-bond donors (Lipinski definition) is 0. The van der Waals surface area contributed by atoms with E-state index in [4.69, 9.17) is 0 Å². The van der Waals surface area contributed by atoms with Gasteiger partial charge in [-0.3, -0.25) is 9.69 Å². The van der Waals surface area contributed by atoms with Crippen LogP contribution in [-0.4, -0.2) is 54.3 Å². The number of carbonyl (C=O) groups is 1. The number of rotatable bonds is 5. The second-order valence-electron chi connectivity index (χ2n) is 6.97. The first-order chi connectivity index (χ1) is 9.84. The Morgan fingerprint density at radius 3 is 2.45 bits per heavy atom. The Kier molecular flexibility index (Phi) is 5.11. The molecular formula is C17H30N2O. The summed E-state index contributed by atoms with van der Waals surface area (Å²) < 4.78 is 0. The van der Waals surface area contributed by atoms with Gasteiger partial charge >= 0.3 is 0 Å². The number of Topliss-reactive ketones (excluding diaryl/α,β-unsaturated/α-hetero) is 1. The van der Waals surface area contributed by atoms with Gasteiger partial charge in [-0.15, -0.1) is 0 Å². The Balaban J connectivity index is 1.48. The van der Waals surface area contributed by atoms with Gasteiger partial charge in [0.15, 0.2) is 0 Å². The van der Waals surface area contributed by atoms with Crippen LogP contribution in [0.25, 0.3) is 0 Å². The van der Waals surface area contributed by atoms with Crippen molar-refractivity contribution in [3.05, 3.63) is 0 Å². The van der Waals surface area contributed by atoms with Gasteiger partial charge in [0.2, 0.25) is 0 Å². The van der Waals surface area contributed by atoms with Crippen molar-refractivity contribution in [1.29, 1.82) is 0 Å². The van der Waals surface area contributed by atoms with Crippen LogP contribution in [0.3, 0.4) is 0 Å². The minimum Gasteiger partial charge on any atom is -0.303 e. The number of piperidine rings is 1. The Morgan fingerprint density at radius 2 is 1.70 bits per heavy atom. The zero-order valence-electron chi connectivity index (χ0n) is 12.9. The predicted octanol–water partition coefficient (Wildman–Crippen LogP) is 2.70. The molecule has 20 heavy (non-hydrogen) atoms. The minimum atomic E-state index is 0.377. The van der Waals surface area contributed by atoms with E-state index in [9.17, 15) is 4.79 Å². The van der Waals surface area contributed by atoms with Crippen LogP contribution in [0, 0.1) is 5.92 Å². The highest BCUT2D eigenvalue weighted by Crippen LogP contribution is 2.32. The van der Waals surface area contributed by atoms with Gasteiger partial charge in [-0.25, -0.2) is 0 Å². The van der Waals surface area contributed by atoms with E-state index in [1.54, 1.807) is 0 Å². The van der Waals surface area contributed by atoms with E-state index in [-0.39, 0.29) is 0 Å². The Labute approximate surface area is 123 Å². The number of likely N-dealkylation sites (tertiary alicyclic amines) is 2. The molecule has 0 bridgehead atoms. The van der Waals surface area contributed by atoms with Crippen molar-refractivity contribution < 1.29 is 4.79 Å². The van der Waals surface area contributed by atoms with Crippen LogP contribution < -0.4 is 0 Å². The summed E-state index contributed by atoms with van der Waals surface area (Å²) in [4.78, 5) is 17.3. The summed E-state index contributed by atoms with van der Waals surface area (Å²) in [5.74, 6) is 0.934. The first-order valence-corrected chi connectivity index (χ1v) is 8.84. The second kappa shape index (κ2) is 7.04. The first-order valence-electron chi connectivity index (χ1n) is 8.84. The maximum Gasteiger partial charge on any atom is 0.137 e. The molecule has 2 heterocycles. The quantitative estimate of drug-likeness (QED) is 0.772. The lowest BCUT2D eigenvalue weighted by molar-refractivity contribution is -0.123. The van der Waals surface area contributed by atoms with E-state index in [1.165, 1.54) is 71.2 Å². The number of nitrogens with zero attached hydrogens (tertiary/aromatic N) is 2. The average molecular weight is 278 g/mol. The van der Waals surface area contributed by atoms with Crippen LogP contribution in [0.2, 0.25) is 0 Å². The van der Waals surface area contributed by atoms with Crippen molar-refractivity contribution in [2.24, 2.45) is 5.92 Å². The lowest BCUT2D eigenvalue weighted by atomic mass is 9.88. The van der Waals surface area contributed by atoms with Crippen molar-refractivity contribution in [3.8, 4) is 0 Å². The van der Waals surface area contributed by atoms with E-state index in [2.05, 4.69) is 9.80 Å². The van der Waals surface area contributed by atoms with Crippen LogP contribution in [0.15, 0.2) is 0 Å². The molecule has 3 heteroatoms. The molecule has 2 aliphatic heterocycles. The van der Waals surface area contributed by atoms with Crippen LogP contribution >= 0.6 is 0 Å². The molecule has 0 amide bonds. The summed E-state index contributed by atoms with van der Waals surface area (Å²) in [5.41, 5.74) is 0. The molecule has 0 radical (unpaired) electrons. The predicted molar refractivity (Wildman–Crippen MR) is 81.9 cm³/mol. The van der Waals surface area contributed by atoms with Crippen LogP contribution in [0.5, 0.6) is 0 Å². The smallest absolute Gasteiger partial charge is 0.137 e. The fourth-order valence-electron chi connectivity index (χ4n) is 4.50. The van der Waals surface area contributed by atoms with Gasteiger partial charge in [-0.05, 0) is 77.7 Å². The number of carbonyl (C=O) groups excluding carboxylic acids is 1.